The van der Waals surface area contributed by atoms with Crippen LogP contribution in [0.5, 0.6) is 0 Å². The van der Waals surface area contributed by atoms with Crippen LogP contribution < -0.4 is 10.6 Å². The van der Waals surface area contributed by atoms with E-state index in [0.29, 0.717) is 44.3 Å². The fourth-order valence-electron chi connectivity index (χ4n) is 4.86. The second-order valence-corrected chi connectivity index (χ2v) is 9.30. The number of ether oxygens (including phenoxy) is 1. The van der Waals surface area contributed by atoms with Crippen molar-refractivity contribution in [3.63, 3.8) is 0 Å². The third-order valence-electron chi connectivity index (χ3n) is 6.27. The Morgan fingerprint density at radius 1 is 1.24 bits per heavy atom. The minimum Gasteiger partial charge on any atom is -0.376 e. The first-order chi connectivity index (χ1) is 13.8. The summed E-state index contributed by atoms with van der Waals surface area (Å²) in [5.74, 6) is -0.411. The predicted octanol–water partition coefficient (Wildman–Crippen LogP) is 2.36. The Kier molecular flexibility index (Phi) is 5.82. The van der Waals surface area contributed by atoms with Crippen molar-refractivity contribution in [2.75, 3.05) is 26.3 Å². The molecule has 0 spiro atoms. The Balaban J connectivity index is 1.27. The van der Waals surface area contributed by atoms with E-state index in [-0.39, 0.29) is 27.9 Å². The summed E-state index contributed by atoms with van der Waals surface area (Å²) in [6, 6.07) is 4.59. The number of amides is 2. The van der Waals surface area contributed by atoms with E-state index in [4.69, 9.17) is 16.3 Å². The molecule has 3 aliphatic rings. The molecule has 3 aliphatic heterocycles. The van der Waals surface area contributed by atoms with Crippen molar-refractivity contribution < 1.29 is 18.7 Å². The largest absolute Gasteiger partial charge is 0.376 e. The van der Waals surface area contributed by atoms with E-state index >= 15 is 0 Å². The molecule has 2 N–H and O–H groups in total. The van der Waals surface area contributed by atoms with Crippen LogP contribution in [0.4, 0.5) is 4.39 Å². The van der Waals surface area contributed by atoms with E-state index in [0.717, 1.165) is 25.7 Å². The number of rotatable bonds is 6. The summed E-state index contributed by atoms with van der Waals surface area (Å²) in [5, 5.41) is 6.21. The summed E-state index contributed by atoms with van der Waals surface area (Å²) in [6.45, 7) is 4.12. The lowest BCUT2D eigenvalue weighted by atomic mass is 9.90. The molecule has 1 aromatic carbocycles. The van der Waals surface area contributed by atoms with Crippen LogP contribution in [0.1, 0.15) is 43.0 Å². The van der Waals surface area contributed by atoms with Crippen LogP contribution in [0.2, 0.25) is 5.02 Å². The Bertz CT molecular complexity index is 767. The molecule has 29 heavy (non-hydrogen) atoms. The SMILES string of the molecule is CC1(NC(=O)CN2C3CC[C@@H]2CC(CNC(=O)c2cc(F)cc(Cl)c2)C3)COC1. The number of halogens is 2. The molecule has 1 aromatic rings. The lowest BCUT2D eigenvalue weighted by Gasteiger charge is -2.41. The van der Waals surface area contributed by atoms with E-state index in [9.17, 15) is 14.0 Å². The zero-order chi connectivity index (χ0) is 20.6. The van der Waals surface area contributed by atoms with Gasteiger partial charge in [-0.1, -0.05) is 11.6 Å². The first-order valence-corrected chi connectivity index (χ1v) is 10.6. The molecule has 0 aliphatic carbocycles. The molecule has 0 aromatic heterocycles. The Morgan fingerprint density at radius 2 is 1.93 bits per heavy atom. The number of nitrogens with zero attached hydrogens (tertiary/aromatic N) is 1. The zero-order valence-corrected chi connectivity index (χ0v) is 17.3. The van der Waals surface area contributed by atoms with Gasteiger partial charge in [0.05, 0.1) is 25.3 Å². The quantitative estimate of drug-likeness (QED) is 0.737. The first-order valence-electron chi connectivity index (χ1n) is 10.2. The molecule has 2 unspecified atom stereocenters. The highest BCUT2D eigenvalue weighted by atomic mass is 35.5. The van der Waals surface area contributed by atoms with Crippen molar-refractivity contribution in [2.45, 2.75) is 50.2 Å². The maximum Gasteiger partial charge on any atom is 0.251 e. The van der Waals surface area contributed by atoms with E-state index in [1.54, 1.807) is 0 Å². The summed E-state index contributed by atoms with van der Waals surface area (Å²) in [5.41, 5.74) is 0.0130. The third-order valence-corrected chi connectivity index (χ3v) is 6.48. The minimum atomic E-state index is -0.519. The smallest absolute Gasteiger partial charge is 0.251 e. The second kappa shape index (κ2) is 8.20. The average Bonchev–Trinajstić information content (AvgIpc) is 2.86. The van der Waals surface area contributed by atoms with Gasteiger partial charge in [0.2, 0.25) is 5.91 Å². The van der Waals surface area contributed by atoms with E-state index < -0.39 is 5.82 Å². The first kappa shape index (κ1) is 20.6. The summed E-state index contributed by atoms with van der Waals surface area (Å²) in [7, 11) is 0. The number of hydrogen-bond donors (Lipinski definition) is 2. The Hall–Kier alpha value is -1.70. The van der Waals surface area contributed by atoms with Gasteiger partial charge in [-0.25, -0.2) is 4.39 Å². The van der Waals surface area contributed by atoms with Gasteiger partial charge in [0.15, 0.2) is 0 Å². The van der Waals surface area contributed by atoms with Crippen molar-refractivity contribution >= 4 is 23.4 Å². The van der Waals surface area contributed by atoms with Crippen LogP contribution in [-0.2, 0) is 9.53 Å². The van der Waals surface area contributed by atoms with Crippen LogP contribution in [0.3, 0.4) is 0 Å². The maximum atomic E-state index is 13.5. The monoisotopic (exact) mass is 423 g/mol. The number of hydrogen-bond acceptors (Lipinski definition) is 4. The van der Waals surface area contributed by atoms with Gasteiger partial charge in [0.1, 0.15) is 5.82 Å². The normalized spacial score (nSPS) is 27.9. The average molecular weight is 424 g/mol. The fourth-order valence-corrected chi connectivity index (χ4v) is 5.08. The van der Waals surface area contributed by atoms with Gasteiger partial charge in [-0.05, 0) is 56.7 Å². The van der Waals surface area contributed by atoms with E-state index in [2.05, 4.69) is 15.5 Å². The maximum absolute atomic E-state index is 13.5. The third kappa shape index (κ3) is 4.73. The fraction of sp³-hybridized carbons (Fsp3) is 0.619. The molecule has 3 atom stereocenters. The summed E-state index contributed by atoms with van der Waals surface area (Å²) < 4.78 is 18.7. The lowest BCUT2D eigenvalue weighted by molar-refractivity contribution is -0.133. The number of carbonyl (C=O) groups excluding carboxylic acids is 2. The molecule has 0 radical (unpaired) electrons. The van der Waals surface area contributed by atoms with Gasteiger partial charge in [0, 0.05) is 29.2 Å². The van der Waals surface area contributed by atoms with Gasteiger partial charge in [0.25, 0.3) is 5.91 Å². The highest BCUT2D eigenvalue weighted by Gasteiger charge is 2.42. The topological polar surface area (TPSA) is 70.7 Å². The van der Waals surface area contributed by atoms with Gasteiger partial charge < -0.3 is 15.4 Å². The number of fused-ring (bicyclic) bond motifs is 2. The summed E-state index contributed by atoms with van der Waals surface area (Å²) >= 11 is 5.83. The molecule has 6 nitrogen and oxygen atoms in total. The van der Waals surface area contributed by atoms with Crippen LogP contribution in [0.25, 0.3) is 0 Å². The van der Waals surface area contributed by atoms with Crippen molar-refractivity contribution in [1.82, 2.24) is 15.5 Å². The Labute approximate surface area is 175 Å². The van der Waals surface area contributed by atoms with Crippen molar-refractivity contribution in [3.8, 4) is 0 Å². The summed E-state index contributed by atoms with van der Waals surface area (Å²) in [6.07, 6.45) is 4.08. The number of benzene rings is 1. The van der Waals surface area contributed by atoms with Crippen LogP contribution >= 0.6 is 11.6 Å². The molecule has 8 heteroatoms. The number of carbonyl (C=O) groups is 2. The molecule has 2 bridgehead atoms. The molecule has 4 rings (SSSR count). The van der Waals surface area contributed by atoms with Gasteiger partial charge in [-0.3, -0.25) is 14.5 Å². The molecule has 3 saturated heterocycles. The van der Waals surface area contributed by atoms with Crippen LogP contribution in [0.15, 0.2) is 18.2 Å². The van der Waals surface area contributed by atoms with Crippen LogP contribution in [-0.4, -0.2) is 60.6 Å². The molecular formula is C21H27ClFN3O3. The Morgan fingerprint density at radius 3 is 2.52 bits per heavy atom. The molecule has 2 amide bonds. The predicted molar refractivity (Wildman–Crippen MR) is 107 cm³/mol. The van der Waals surface area contributed by atoms with E-state index in [1.165, 1.54) is 18.2 Å². The molecular weight excluding hydrogens is 397 g/mol. The molecule has 158 valence electrons. The van der Waals surface area contributed by atoms with Crippen molar-refractivity contribution in [2.24, 2.45) is 5.92 Å². The molecule has 3 fully saturated rings. The number of nitrogens with one attached hydrogen (secondary N) is 2. The highest BCUT2D eigenvalue weighted by molar-refractivity contribution is 6.31. The van der Waals surface area contributed by atoms with Crippen molar-refractivity contribution in [1.29, 1.82) is 0 Å². The minimum absolute atomic E-state index is 0.0578. The molecule has 3 heterocycles. The van der Waals surface area contributed by atoms with Crippen molar-refractivity contribution in [3.05, 3.63) is 34.6 Å². The van der Waals surface area contributed by atoms with Gasteiger partial charge in [-0.2, -0.15) is 0 Å². The van der Waals surface area contributed by atoms with Crippen LogP contribution in [0, 0.1) is 11.7 Å². The van der Waals surface area contributed by atoms with Gasteiger partial charge in [-0.15, -0.1) is 0 Å². The summed E-state index contributed by atoms with van der Waals surface area (Å²) in [4.78, 5) is 27.1. The van der Waals surface area contributed by atoms with E-state index in [1.807, 2.05) is 6.92 Å². The zero-order valence-electron chi connectivity index (χ0n) is 16.5. The second-order valence-electron chi connectivity index (χ2n) is 8.86. The standard InChI is InChI=1S/C21H27ClFN3O3/c1-21(11-29-12-21)25-19(27)10-26-17-2-3-18(26)5-13(4-17)9-24-20(28)14-6-15(22)8-16(23)7-14/h6-8,13,17-18H,2-5,9-12H2,1H3,(H,24,28)(H,25,27)/t13?,17-,18?/m1/s1. The van der Waals surface area contributed by atoms with Gasteiger partial charge >= 0.3 is 0 Å². The highest BCUT2D eigenvalue weighted by Crippen LogP contribution is 2.38. The molecule has 0 saturated carbocycles. The number of piperidine rings is 1. The lowest BCUT2D eigenvalue weighted by Crippen LogP contribution is -2.62.